The van der Waals surface area contributed by atoms with Crippen molar-refractivity contribution in [2.24, 2.45) is 5.92 Å². The van der Waals surface area contributed by atoms with E-state index in [1.807, 2.05) is 0 Å². The second kappa shape index (κ2) is 4.83. The van der Waals surface area contributed by atoms with Crippen LogP contribution in [0.2, 0.25) is 0 Å². The first-order chi connectivity index (χ1) is 6.34. The molecular weight excluding hydrogens is 205 g/mol. The summed E-state index contributed by atoms with van der Waals surface area (Å²) >= 11 is 0. The standard InChI is InChI=1S/C7H9F3O4/c1-3-14-6(12)4(5(11)13-2)7(8,9)10/h4H,3H2,1-2H3/t4-/m1/s1. The summed E-state index contributed by atoms with van der Waals surface area (Å²) in [7, 11) is 0.764. The summed E-state index contributed by atoms with van der Waals surface area (Å²) in [5.74, 6) is -6.17. The molecule has 1 atom stereocenters. The van der Waals surface area contributed by atoms with Crippen LogP contribution in [-0.4, -0.2) is 31.8 Å². The van der Waals surface area contributed by atoms with Gasteiger partial charge in [-0.25, -0.2) is 0 Å². The van der Waals surface area contributed by atoms with Gasteiger partial charge in [0.25, 0.3) is 0 Å². The Kier molecular flexibility index (Phi) is 4.39. The normalized spacial score (nSPS) is 13.2. The summed E-state index contributed by atoms with van der Waals surface area (Å²) in [6, 6.07) is 0. The highest BCUT2D eigenvalue weighted by Gasteiger charge is 2.52. The van der Waals surface area contributed by atoms with Crippen LogP contribution in [0.4, 0.5) is 13.2 Å². The molecule has 82 valence electrons. The third kappa shape index (κ3) is 3.23. The Hall–Kier alpha value is -1.27. The van der Waals surface area contributed by atoms with Gasteiger partial charge in [-0.1, -0.05) is 0 Å². The number of carbonyl (C=O) groups excluding carboxylic acids is 2. The topological polar surface area (TPSA) is 52.6 Å². The number of carbonyl (C=O) groups is 2. The van der Waals surface area contributed by atoms with Gasteiger partial charge < -0.3 is 9.47 Å². The van der Waals surface area contributed by atoms with Crippen molar-refractivity contribution in [3.05, 3.63) is 0 Å². The summed E-state index contributed by atoms with van der Waals surface area (Å²) < 4.78 is 44.3. The zero-order valence-corrected chi connectivity index (χ0v) is 7.55. The molecule has 0 amide bonds. The van der Waals surface area contributed by atoms with Crippen LogP contribution in [0.5, 0.6) is 0 Å². The van der Waals surface area contributed by atoms with Crippen molar-refractivity contribution >= 4 is 11.9 Å². The molecule has 0 aliphatic rings. The fourth-order valence-corrected chi connectivity index (χ4v) is 0.707. The Labute approximate surface area is 78.0 Å². The van der Waals surface area contributed by atoms with Gasteiger partial charge in [-0.05, 0) is 6.92 Å². The predicted molar refractivity (Wildman–Crippen MR) is 38.2 cm³/mol. The molecule has 0 spiro atoms. The maximum atomic E-state index is 12.1. The summed E-state index contributed by atoms with van der Waals surface area (Å²) in [5.41, 5.74) is 0. The smallest absolute Gasteiger partial charge is 0.412 e. The first-order valence-corrected chi connectivity index (χ1v) is 3.65. The summed E-state index contributed by atoms with van der Waals surface area (Å²) in [6.07, 6.45) is -4.99. The summed E-state index contributed by atoms with van der Waals surface area (Å²) in [5, 5.41) is 0. The molecule has 0 heterocycles. The van der Waals surface area contributed by atoms with Gasteiger partial charge in [0.1, 0.15) is 0 Å². The maximum absolute atomic E-state index is 12.1. The number of alkyl halides is 3. The van der Waals surface area contributed by atoms with E-state index in [0.717, 1.165) is 7.11 Å². The number of esters is 2. The van der Waals surface area contributed by atoms with Gasteiger partial charge in [-0.15, -0.1) is 0 Å². The minimum atomic E-state index is -4.99. The van der Waals surface area contributed by atoms with E-state index in [0.29, 0.717) is 0 Å². The number of rotatable bonds is 3. The predicted octanol–water partition coefficient (Wildman–Crippen LogP) is 0.901. The molecule has 0 rings (SSSR count). The number of hydrogen-bond acceptors (Lipinski definition) is 4. The fraction of sp³-hybridized carbons (Fsp3) is 0.714. The van der Waals surface area contributed by atoms with Gasteiger partial charge in [0.15, 0.2) is 0 Å². The Morgan fingerprint density at radius 1 is 1.29 bits per heavy atom. The molecule has 0 unspecified atom stereocenters. The van der Waals surface area contributed by atoms with E-state index in [2.05, 4.69) is 9.47 Å². The van der Waals surface area contributed by atoms with Crippen LogP contribution in [-0.2, 0) is 19.1 Å². The van der Waals surface area contributed by atoms with Crippen molar-refractivity contribution < 1.29 is 32.2 Å². The van der Waals surface area contributed by atoms with Crippen LogP contribution in [0.3, 0.4) is 0 Å². The molecule has 0 fully saturated rings. The molecule has 0 saturated heterocycles. The van der Waals surface area contributed by atoms with Crippen molar-refractivity contribution in [3.8, 4) is 0 Å². The Balaban J connectivity index is 4.73. The first-order valence-electron chi connectivity index (χ1n) is 3.65. The second-order valence-electron chi connectivity index (χ2n) is 2.25. The number of hydrogen-bond donors (Lipinski definition) is 0. The van der Waals surface area contributed by atoms with Crippen LogP contribution in [0.25, 0.3) is 0 Å². The molecule has 0 aromatic carbocycles. The zero-order valence-electron chi connectivity index (χ0n) is 7.55. The van der Waals surface area contributed by atoms with E-state index in [1.165, 1.54) is 6.92 Å². The average molecular weight is 214 g/mol. The first kappa shape index (κ1) is 12.7. The lowest BCUT2D eigenvalue weighted by atomic mass is 10.1. The van der Waals surface area contributed by atoms with Crippen molar-refractivity contribution in [2.45, 2.75) is 13.1 Å². The number of halogens is 3. The van der Waals surface area contributed by atoms with Gasteiger partial charge in [-0.3, -0.25) is 9.59 Å². The highest BCUT2D eigenvalue weighted by molar-refractivity contribution is 5.95. The lowest BCUT2D eigenvalue weighted by Gasteiger charge is -2.15. The second-order valence-corrected chi connectivity index (χ2v) is 2.25. The molecule has 14 heavy (non-hydrogen) atoms. The Morgan fingerprint density at radius 3 is 2.07 bits per heavy atom. The number of ether oxygens (including phenoxy) is 2. The fourth-order valence-electron chi connectivity index (χ4n) is 0.707. The molecule has 7 heteroatoms. The maximum Gasteiger partial charge on any atom is 0.412 e. The molecular formula is C7H9F3O4. The van der Waals surface area contributed by atoms with Crippen molar-refractivity contribution in [1.82, 2.24) is 0 Å². The highest BCUT2D eigenvalue weighted by Crippen LogP contribution is 2.28. The Morgan fingerprint density at radius 2 is 1.79 bits per heavy atom. The van der Waals surface area contributed by atoms with E-state index < -0.39 is 24.0 Å². The zero-order chi connectivity index (χ0) is 11.4. The van der Waals surface area contributed by atoms with Gasteiger partial charge in [0.05, 0.1) is 13.7 Å². The third-order valence-electron chi connectivity index (χ3n) is 1.29. The van der Waals surface area contributed by atoms with Crippen LogP contribution in [0, 0.1) is 5.92 Å². The van der Waals surface area contributed by atoms with Gasteiger partial charge in [-0.2, -0.15) is 13.2 Å². The summed E-state index contributed by atoms with van der Waals surface area (Å²) in [4.78, 5) is 21.4. The molecule has 0 N–H and O–H groups in total. The van der Waals surface area contributed by atoms with Crippen LogP contribution in [0.15, 0.2) is 0 Å². The van der Waals surface area contributed by atoms with Gasteiger partial charge in [0.2, 0.25) is 5.92 Å². The van der Waals surface area contributed by atoms with Crippen LogP contribution >= 0.6 is 0 Å². The van der Waals surface area contributed by atoms with Gasteiger partial charge in [0, 0.05) is 0 Å². The van der Waals surface area contributed by atoms with E-state index in [1.54, 1.807) is 0 Å². The lowest BCUT2D eigenvalue weighted by Crippen LogP contribution is -2.39. The van der Waals surface area contributed by atoms with E-state index >= 15 is 0 Å². The van der Waals surface area contributed by atoms with E-state index in [-0.39, 0.29) is 6.61 Å². The third-order valence-corrected chi connectivity index (χ3v) is 1.29. The van der Waals surface area contributed by atoms with Crippen LogP contribution in [0.1, 0.15) is 6.92 Å². The number of methoxy groups -OCH3 is 1. The molecule has 4 nitrogen and oxygen atoms in total. The molecule has 0 aliphatic heterocycles. The van der Waals surface area contributed by atoms with Crippen molar-refractivity contribution in [1.29, 1.82) is 0 Å². The van der Waals surface area contributed by atoms with E-state index in [9.17, 15) is 22.8 Å². The minimum Gasteiger partial charge on any atom is -0.468 e. The van der Waals surface area contributed by atoms with Crippen LogP contribution < -0.4 is 0 Å². The van der Waals surface area contributed by atoms with Crippen molar-refractivity contribution in [2.75, 3.05) is 13.7 Å². The van der Waals surface area contributed by atoms with Crippen molar-refractivity contribution in [3.63, 3.8) is 0 Å². The average Bonchev–Trinajstić information content (AvgIpc) is 2.02. The highest BCUT2D eigenvalue weighted by atomic mass is 19.4. The molecule has 0 aliphatic carbocycles. The SMILES string of the molecule is CCOC(=O)[C@@H](C(=O)OC)C(F)(F)F. The molecule has 0 radical (unpaired) electrons. The molecule has 0 bridgehead atoms. The van der Waals surface area contributed by atoms with E-state index in [4.69, 9.17) is 0 Å². The minimum absolute atomic E-state index is 0.234. The monoisotopic (exact) mass is 214 g/mol. The van der Waals surface area contributed by atoms with Gasteiger partial charge >= 0.3 is 18.1 Å². The quantitative estimate of drug-likeness (QED) is 0.517. The summed E-state index contributed by atoms with van der Waals surface area (Å²) in [6.45, 7) is 1.10. The Bertz CT molecular complexity index is 223. The molecule has 0 aromatic heterocycles. The lowest BCUT2D eigenvalue weighted by molar-refractivity contribution is -0.207. The molecule has 0 saturated carbocycles. The largest absolute Gasteiger partial charge is 0.468 e. The molecule has 0 aromatic rings.